The van der Waals surface area contributed by atoms with E-state index in [-0.39, 0.29) is 133 Å². The van der Waals surface area contributed by atoms with Crippen LogP contribution in [0.5, 0.6) is 0 Å². The molecule has 0 unspecified atom stereocenters. The van der Waals surface area contributed by atoms with Crippen molar-refractivity contribution in [2.75, 3.05) is 0 Å². The molecule has 0 amide bonds. The van der Waals surface area contributed by atoms with Gasteiger partial charge in [0.25, 0.3) is 0 Å². The Morgan fingerprint density at radius 3 is 0.333 bits per heavy atom. The van der Waals surface area contributed by atoms with Crippen LogP contribution in [0.15, 0.2) is 0 Å². The Morgan fingerprint density at radius 2 is 0.333 bits per heavy atom. The molecule has 0 saturated carbocycles. The zero-order valence-electron chi connectivity index (χ0n) is 12.6. The van der Waals surface area contributed by atoms with Crippen molar-refractivity contribution in [2.45, 2.75) is 0 Å². The van der Waals surface area contributed by atoms with Crippen molar-refractivity contribution in [1.82, 2.24) is 0 Å². The third-order valence-corrected chi connectivity index (χ3v) is 0. The Labute approximate surface area is 312 Å². The summed E-state index contributed by atoms with van der Waals surface area (Å²) < 4.78 is 135. The minimum atomic E-state index is -1.75. The average molecular weight is 874 g/mol. The SMILES string of the molecule is [Dy+3].[Eu+3].[O]=[Al][O-].[O]=[Al][O-].[O]=[Al][O-].[O]=[Al][O-].[O]=[Al][O-].[O]=[Al][O-].[O]=[Al][O-].[O]=[Al][O-].[Sr+2]. The molecule has 1 radical (unpaired) electrons. The Kier molecular flexibility index (Phi) is 418. The molecule has 0 aliphatic heterocycles. The van der Waals surface area contributed by atoms with Gasteiger partial charge in [0, 0.05) is 0 Å². The smallest absolute Gasteiger partial charge is 2.00 e. The van der Waals surface area contributed by atoms with Gasteiger partial charge in [0.15, 0.2) is 0 Å². The predicted octanol–water partition coefficient (Wildman–Crippen LogP) is -13.9. The van der Waals surface area contributed by atoms with Crippen LogP contribution >= 0.6 is 0 Å². The van der Waals surface area contributed by atoms with Gasteiger partial charge in [-0.15, -0.1) is 0 Å². The third-order valence-electron chi connectivity index (χ3n) is 0. The van der Waals surface area contributed by atoms with Crippen LogP contribution in [0.3, 0.4) is 0 Å². The van der Waals surface area contributed by atoms with E-state index in [1.807, 2.05) is 0 Å². The first kappa shape index (κ1) is 69.8. The second-order valence-electron chi connectivity index (χ2n) is 0.770. The number of rotatable bonds is 0. The Morgan fingerprint density at radius 1 is 0.333 bits per heavy atom. The van der Waals surface area contributed by atoms with Gasteiger partial charge < -0.3 is 0 Å². The molecule has 0 aromatic carbocycles. The van der Waals surface area contributed by atoms with E-state index in [9.17, 15) is 0 Å². The zero-order chi connectivity index (χ0) is 21.7. The fourth-order valence-electron chi connectivity index (χ4n) is 0. The van der Waals surface area contributed by atoms with Crippen molar-refractivity contribution in [3.05, 3.63) is 0 Å². The zero-order valence-corrected chi connectivity index (χ0v) is 29.7. The molecule has 0 fully saturated rings. The molecule has 16 nitrogen and oxygen atoms in total. The fraction of sp³-hybridized carbons (Fsp3) is 0. The van der Waals surface area contributed by atoms with Crippen molar-refractivity contribution in [3.8, 4) is 0 Å². The summed E-state index contributed by atoms with van der Waals surface area (Å²) in [6.07, 6.45) is 0. The first-order valence-corrected chi connectivity index (χ1v) is 11.3. The van der Waals surface area contributed by atoms with Gasteiger partial charge in [-0.2, -0.15) is 0 Å². The Hall–Kier alpha value is 5.40. The van der Waals surface area contributed by atoms with Crippen LogP contribution in [0.1, 0.15) is 0 Å². The first-order valence-electron chi connectivity index (χ1n) is 3.77. The van der Waals surface area contributed by atoms with Crippen LogP contribution in [0.4, 0.5) is 0 Å². The van der Waals surface area contributed by atoms with E-state index < -0.39 is 124 Å². The van der Waals surface area contributed by atoms with Crippen LogP contribution in [-0.4, -0.2) is 169 Å². The third kappa shape index (κ3) is 931. The maximum atomic E-state index is 8.46. The molecule has 0 atom stereocenters. The van der Waals surface area contributed by atoms with E-state index in [1.165, 1.54) is 0 Å². The summed E-state index contributed by atoms with van der Waals surface area (Å²) in [5, 5.41) is 0. The van der Waals surface area contributed by atoms with Crippen LogP contribution in [-0.2, 0) is 30.4 Å². The molecular formula is Al8DyEuO16Sr. The summed E-state index contributed by atoms with van der Waals surface area (Å²) in [6, 6.07) is 0. The molecule has 0 aliphatic carbocycles. The van der Waals surface area contributed by atoms with Crippen molar-refractivity contribution in [2.24, 2.45) is 0 Å². The minimum absolute atomic E-state index is 0. The summed E-state index contributed by atoms with van der Waals surface area (Å²) >= 11 is -14.0. The summed E-state index contributed by atoms with van der Waals surface area (Å²) in [5.41, 5.74) is 0. The molecule has 139 valence electrons. The molecule has 0 aliphatic rings. The van der Waals surface area contributed by atoms with E-state index in [1.54, 1.807) is 0 Å². The average Bonchev–Trinajstić information content (AvgIpc) is 2.45. The van der Waals surface area contributed by atoms with Crippen molar-refractivity contribution in [3.63, 3.8) is 0 Å². The van der Waals surface area contributed by atoms with Gasteiger partial charge in [-0.1, -0.05) is 0 Å². The van der Waals surface area contributed by atoms with Gasteiger partial charge in [0.05, 0.1) is 0 Å². The molecule has 0 saturated heterocycles. The van der Waals surface area contributed by atoms with E-state index >= 15 is 0 Å². The summed E-state index contributed by atoms with van der Waals surface area (Å²) in [4.78, 5) is 0. The molecular weight excluding hydrogens is 874 g/mol. The van der Waals surface area contributed by atoms with E-state index in [2.05, 4.69) is 0 Å². The van der Waals surface area contributed by atoms with Gasteiger partial charge in [-0.25, -0.2) is 0 Å². The van der Waals surface area contributed by atoms with E-state index in [0.29, 0.717) is 0 Å². The normalized spacial score (nSPS) is 2.37. The molecule has 27 heteroatoms. The van der Waals surface area contributed by atoms with Gasteiger partial charge in [-0.3, -0.25) is 0 Å². The largest absolute Gasteiger partial charge is 2.00 e. The quantitative estimate of drug-likeness (QED) is 0.204. The number of hydrogen-bond donors (Lipinski definition) is 0. The van der Waals surface area contributed by atoms with Crippen molar-refractivity contribution < 1.29 is 151 Å². The molecule has 0 rings (SSSR count). The van der Waals surface area contributed by atoms with Gasteiger partial charge in [0.1, 0.15) is 0 Å². The van der Waals surface area contributed by atoms with E-state index in [4.69, 9.17) is 63.7 Å². The molecule has 0 aromatic heterocycles. The van der Waals surface area contributed by atoms with Gasteiger partial charge in [-0.05, 0) is 0 Å². The topological polar surface area (TPSA) is 321 Å². The molecule has 0 heterocycles. The van der Waals surface area contributed by atoms with Crippen molar-refractivity contribution in [1.29, 1.82) is 0 Å². The first-order chi connectivity index (χ1) is 11.3. The van der Waals surface area contributed by atoms with E-state index in [0.717, 1.165) is 0 Å². The monoisotopic (exact) mass is 877 g/mol. The standard InChI is InChI=1S/8Al.Dy.Eu.16O.Sr/q;;;;;;;;2*+3;;;;;;;;;8*-1;+2. The van der Waals surface area contributed by atoms with Gasteiger partial charge >= 0.3 is 321 Å². The summed E-state index contributed by atoms with van der Waals surface area (Å²) in [5.74, 6) is 0. The molecule has 0 aromatic rings. The second-order valence-corrected chi connectivity index (χ2v) is 2.31. The van der Waals surface area contributed by atoms with Crippen LogP contribution in [0, 0.1) is 87.6 Å². The summed E-state index contributed by atoms with van der Waals surface area (Å²) in [7, 11) is 0. The summed E-state index contributed by atoms with van der Waals surface area (Å²) in [6.45, 7) is 0. The fourth-order valence-corrected chi connectivity index (χ4v) is 0. The van der Waals surface area contributed by atoms with Crippen LogP contribution < -0.4 is 33.3 Å². The van der Waals surface area contributed by atoms with Gasteiger partial charge in [0.2, 0.25) is 0 Å². The molecule has 0 spiro atoms. The Bertz CT molecular complexity index is 172. The van der Waals surface area contributed by atoms with Crippen LogP contribution in [0.25, 0.3) is 0 Å². The van der Waals surface area contributed by atoms with Crippen LogP contribution in [0.2, 0.25) is 0 Å². The maximum absolute atomic E-state index is 8.46. The molecule has 0 N–H and O–H groups in total. The second kappa shape index (κ2) is 162. The predicted molar refractivity (Wildman–Crippen MR) is 57.3 cm³/mol. The number of hydrogen-bond acceptors (Lipinski definition) is 16. The maximum Gasteiger partial charge on any atom is 2.00 e. The molecule has 27 heavy (non-hydrogen) atoms. The van der Waals surface area contributed by atoms with Crippen molar-refractivity contribution >= 4 is 169 Å². The molecule has 0 bridgehead atoms. The minimum Gasteiger partial charge on any atom is 2.00 e. The Balaban J connectivity index is -0.0000000119.